The predicted molar refractivity (Wildman–Crippen MR) is 68.0 cm³/mol. The summed E-state index contributed by atoms with van der Waals surface area (Å²) in [6.45, 7) is 4.13. The molecule has 17 heavy (non-hydrogen) atoms. The van der Waals surface area contributed by atoms with E-state index in [0.29, 0.717) is 5.56 Å². The van der Waals surface area contributed by atoms with Crippen molar-refractivity contribution in [2.45, 2.75) is 25.4 Å². The number of piperidine rings is 1. The molecule has 3 nitrogen and oxygen atoms in total. The first-order valence-electron chi connectivity index (χ1n) is 5.97. The monoisotopic (exact) mass is 230 g/mol. The van der Waals surface area contributed by atoms with Crippen LogP contribution in [0.25, 0.3) is 0 Å². The van der Waals surface area contributed by atoms with Gasteiger partial charge in [-0.05, 0) is 44.0 Å². The first-order chi connectivity index (χ1) is 8.17. The minimum Gasteiger partial charge on any atom is -0.377 e. The van der Waals surface area contributed by atoms with Gasteiger partial charge in [0.05, 0.1) is 17.2 Å². The summed E-state index contributed by atoms with van der Waals surface area (Å²) in [5.41, 5.74) is 1.83. The molecule has 1 atom stereocenters. The van der Waals surface area contributed by atoms with Gasteiger partial charge in [0.1, 0.15) is 0 Å². The van der Waals surface area contributed by atoms with Crippen LogP contribution < -0.4 is 4.90 Å². The summed E-state index contributed by atoms with van der Waals surface area (Å²) in [5, 5.41) is 8.78. The third-order valence-electron chi connectivity index (χ3n) is 3.51. The quantitative estimate of drug-likeness (QED) is 0.783. The van der Waals surface area contributed by atoms with Crippen LogP contribution in [-0.2, 0) is 4.74 Å². The van der Waals surface area contributed by atoms with E-state index in [0.717, 1.165) is 25.9 Å². The van der Waals surface area contributed by atoms with E-state index in [1.54, 1.807) is 7.11 Å². The average molecular weight is 230 g/mol. The Kier molecular flexibility index (Phi) is 3.35. The zero-order chi connectivity index (χ0) is 12.3. The highest BCUT2D eigenvalue weighted by Crippen LogP contribution is 2.27. The van der Waals surface area contributed by atoms with Crippen LogP contribution in [0, 0.1) is 11.3 Å². The summed E-state index contributed by atoms with van der Waals surface area (Å²) in [6, 6.07) is 9.91. The molecule has 1 aromatic carbocycles. The topological polar surface area (TPSA) is 36.3 Å². The van der Waals surface area contributed by atoms with Crippen LogP contribution in [0.15, 0.2) is 24.3 Å². The Hall–Kier alpha value is -1.53. The molecule has 1 fully saturated rings. The van der Waals surface area contributed by atoms with Gasteiger partial charge in [-0.2, -0.15) is 5.26 Å². The van der Waals surface area contributed by atoms with E-state index in [9.17, 15) is 0 Å². The van der Waals surface area contributed by atoms with Crippen molar-refractivity contribution in [3.8, 4) is 6.07 Å². The minimum absolute atomic E-state index is 0.0495. The highest BCUT2D eigenvalue weighted by molar-refractivity contribution is 5.50. The number of hydrogen-bond acceptors (Lipinski definition) is 3. The van der Waals surface area contributed by atoms with Gasteiger partial charge < -0.3 is 9.64 Å². The maximum atomic E-state index is 8.78. The largest absolute Gasteiger partial charge is 0.377 e. The lowest BCUT2D eigenvalue weighted by atomic mass is 9.94. The Balaban J connectivity index is 2.14. The summed E-state index contributed by atoms with van der Waals surface area (Å²) in [4.78, 5) is 2.33. The first kappa shape index (κ1) is 11.9. The number of benzene rings is 1. The zero-order valence-electron chi connectivity index (χ0n) is 10.4. The van der Waals surface area contributed by atoms with Gasteiger partial charge in [-0.1, -0.05) is 0 Å². The molecule has 0 radical (unpaired) electrons. The summed E-state index contributed by atoms with van der Waals surface area (Å²) in [7, 11) is 1.78. The van der Waals surface area contributed by atoms with Crippen LogP contribution in [0.5, 0.6) is 0 Å². The molecule has 0 amide bonds. The standard InChI is InChI=1S/C14H18N2O/c1-14(17-2)8-3-9-16(11-14)13-6-4-12(10-15)5-7-13/h4-7H,3,8-9,11H2,1-2H3/t14-/m1/s1. The second kappa shape index (κ2) is 4.77. The fraction of sp³-hybridized carbons (Fsp3) is 0.500. The molecule has 1 saturated heterocycles. The van der Waals surface area contributed by atoms with Crippen LogP contribution in [0.2, 0.25) is 0 Å². The van der Waals surface area contributed by atoms with E-state index in [-0.39, 0.29) is 5.60 Å². The van der Waals surface area contributed by atoms with Crippen molar-refractivity contribution in [3.05, 3.63) is 29.8 Å². The molecule has 3 heteroatoms. The number of rotatable bonds is 2. The van der Waals surface area contributed by atoms with Gasteiger partial charge in [-0.15, -0.1) is 0 Å². The van der Waals surface area contributed by atoms with E-state index >= 15 is 0 Å². The number of nitriles is 1. The Morgan fingerprint density at radius 2 is 2.06 bits per heavy atom. The molecular formula is C14H18N2O. The van der Waals surface area contributed by atoms with Crippen LogP contribution in [0.4, 0.5) is 5.69 Å². The maximum absolute atomic E-state index is 8.78. The molecule has 90 valence electrons. The Bertz CT molecular complexity index is 421. The molecule has 0 aromatic heterocycles. The normalized spacial score (nSPS) is 24.4. The lowest BCUT2D eigenvalue weighted by Gasteiger charge is -2.40. The number of nitrogens with zero attached hydrogens (tertiary/aromatic N) is 2. The molecule has 0 saturated carbocycles. The van der Waals surface area contributed by atoms with E-state index in [1.807, 2.05) is 24.3 Å². The van der Waals surface area contributed by atoms with Gasteiger partial charge in [0, 0.05) is 25.9 Å². The van der Waals surface area contributed by atoms with Crippen molar-refractivity contribution in [2.75, 3.05) is 25.1 Å². The Morgan fingerprint density at radius 1 is 1.35 bits per heavy atom. The molecule has 1 aromatic rings. The van der Waals surface area contributed by atoms with Crippen LogP contribution in [0.1, 0.15) is 25.3 Å². The van der Waals surface area contributed by atoms with Crippen LogP contribution in [0.3, 0.4) is 0 Å². The van der Waals surface area contributed by atoms with Crippen LogP contribution >= 0.6 is 0 Å². The number of ether oxygens (including phenoxy) is 1. The van der Waals surface area contributed by atoms with E-state index in [4.69, 9.17) is 10.00 Å². The third kappa shape index (κ3) is 2.59. The molecule has 2 rings (SSSR count). The molecule has 1 aliphatic heterocycles. The SMILES string of the molecule is CO[C@]1(C)CCCN(c2ccc(C#N)cc2)C1. The van der Waals surface area contributed by atoms with Gasteiger partial charge >= 0.3 is 0 Å². The lowest BCUT2D eigenvalue weighted by molar-refractivity contribution is -0.00465. The van der Waals surface area contributed by atoms with Gasteiger partial charge in [0.15, 0.2) is 0 Å². The lowest BCUT2D eigenvalue weighted by Crippen LogP contribution is -2.47. The predicted octanol–water partition coefficient (Wildman–Crippen LogP) is 2.56. The fourth-order valence-corrected chi connectivity index (χ4v) is 2.34. The minimum atomic E-state index is -0.0495. The molecule has 0 bridgehead atoms. The molecule has 0 N–H and O–H groups in total. The van der Waals surface area contributed by atoms with E-state index in [2.05, 4.69) is 17.9 Å². The van der Waals surface area contributed by atoms with Gasteiger partial charge in [0.25, 0.3) is 0 Å². The van der Waals surface area contributed by atoms with Gasteiger partial charge in [-0.3, -0.25) is 0 Å². The van der Waals surface area contributed by atoms with Crippen molar-refractivity contribution in [1.82, 2.24) is 0 Å². The molecule has 0 aliphatic carbocycles. The summed E-state index contributed by atoms with van der Waals surface area (Å²) in [6.07, 6.45) is 2.25. The van der Waals surface area contributed by atoms with Crippen LogP contribution in [-0.4, -0.2) is 25.8 Å². The fourth-order valence-electron chi connectivity index (χ4n) is 2.34. The van der Waals surface area contributed by atoms with Crippen molar-refractivity contribution in [2.24, 2.45) is 0 Å². The molecule has 1 aliphatic rings. The second-order valence-electron chi connectivity index (χ2n) is 4.84. The zero-order valence-corrected chi connectivity index (χ0v) is 10.4. The molecular weight excluding hydrogens is 212 g/mol. The number of methoxy groups -OCH3 is 1. The van der Waals surface area contributed by atoms with Crippen molar-refractivity contribution in [1.29, 1.82) is 5.26 Å². The Morgan fingerprint density at radius 3 is 2.65 bits per heavy atom. The smallest absolute Gasteiger partial charge is 0.0991 e. The van der Waals surface area contributed by atoms with Gasteiger partial charge in [0.2, 0.25) is 0 Å². The van der Waals surface area contributed by atoms with Crippen molar-refractivity contribution >= 4 is 5.69 Å². The number of hydrogen-bond donors (Lipinski definition) is 0. The van der Waals surface area contributed by atoms with Crippen molar-refractivity contribution in [3.63, 3.8) is 0 Å². The van der Waals surface area contributed by atoms with E-state index < -0.39 is 0 Å². The van der Waals surface area contributed by atoms with Gasteiger partial charge in [-0.25, -0.2) is 0 Å². The molecule has 0 spiro atoms. The van der Waals surface area contributed by atoms with E-state index in [1.165, 1.54) is 5.69 Å². The summed E-state index contributed by atoms with van der Waals surface area (Å²) >= 11 is 0. The average Bonchev–Trinajstić information content (AvgIpc) is 2.39. The number of anilines is 1. The first-order valence-corrected chi connectivity index (χ1v) is 5.97. The molecule has 0 unspecified atom stereocenters. The summed E-state index contributed by atoms with van der Waals surface area (Å²) < 4.78 is 5.58. The maximum Gasteiger partial charge on any atom is 0.0991 e. The summed E-state index contributed by atoms with van der Waals surface area (Å²) in [5.74, 6) is 0. The second-order valence-corrected chi connectivity index (χ2v) is 4.84. The highest BCUT2D eigenvalue weighted by Gasteiger charge is 2.30. The highest BCUT2D eigenvalue weighted by atomic mass is 16.5. The molecule has 1 heterocycles. The Labute approximate surface area is 103 Å². The van der Waals surface area contributed by atoms with Crippen molar-refractivity contribution < 1.29 is 4.74 Å². The third-order valence-corrected chi connectivity index (χ3v) is 3.51.